The van der Waals surface area contributed by atoms with Crippen molar-refractivity contribution < 1.29 is 17.9 Å². The van der Waals surface area contributed by atoms with Gasteiger partial charge in [-0.25, -0.2) is 8.42 Å². The lowest BCUT2D eigenvalue weighted by molar-refractivity contribution is 0.0789. The van der Waals surface area contributed by atoms with Crippen molar-refractivity contribution in [2.45, 2.75) is 30.7 Å². The van der Waals surface area contributed by atoms with Gasteiger partial charge in [-0.1, -0.05) is 60.2 Å². The minimum absolute atomic E-state index is 0.0267. The van der Waals surface area contributed by atoms with Crippen LogP contribution < -0.4 is 9.46 Å². The van der Waals surface area contributed by atoms with Crippen molar-refractivity contribution in [3.8, 4) is 5.75 Å². The zero-order chi connectivity index (χ0) is 23.4. The van der Waals surface area contributed by atoms with Gasteiger partial charge in [0, 0.05) is 13.1 Å². The summed E-state index contributed by atoms with van der Waals surface area (Å²) in [4.78, 5) is 14.8. The van der Waals surface area contributed by atoms with Gasteiger partial charge in [-0.05, 0) is 49.1 Å². The van der Waals surface area contributed by atoms with Gasteiger partial charge in [-0.2, -0.15) is 4.72 Å². The van der Waals surface area contributed by atoms with Crippen LogP contribution in [-0.4, -0.2) is 39.4 Å². The lowest BCUT2D eigenvalue weighted by Gasteiger charge is -2.21. The number of nitrogens with zero attached hydrogens (tertiary/aromatic N) is 1. The number of hydrogen-bond donors (Lipinski definition) is 1. The minimum atomic E-state index is -3.95. The third-order valence-corrected chi connectivity index (χ3v) is 7.34. The number of benzene rings is 3. The van der Waals surface area contributed by atoms with E-state index >= 15 is 0 Å². The van der Waals surface area contributed by atoms with Crippen molar-refractivity contribution in [1.82, 2.24) is 9.62 Å². The molecule has 3 aromatic carbocycles. The Morgan fingerprint density at radius 1 is 0.939 bits per heavy atom. The van der Waals surface area contributed by atoms with Gasteiger partial charge >= 0.3 is 0 Å². The molecule has 1 aliphatic rings. The van der Waals surface area contributed by atoms with E-state index in [1.807, 2.05) is 61.5 Å². The van der Waals surface area contributed by atoms with E-state index in [9.17, 15) is 13.2 Å². The molecule has 1 N–H and O–H groups in total. The van der Waals surface area contributed by atoms with Gasteiger partial charge in [0.1, 0.15) is 5.75 Å². The van der Waals surface area contributed by atoms with E-state index < -0.39 is 16.1 Å². The highest BCUT2D eigenvalue weighted by Crippen LogP contribution is 2.28. The standard InChI is InChI=1S/C26H28N2O4S/c1-19-10-12-21(13-11-19)25(20-8-4-3-5-9-20)27-33(30,31)22-14-15-24(32-2)23(18-22)26(29)28-16-6-7-17-28/h3-5,8-15,18,25,27H,6-7,16-17H2,1-2H3/t25-/m1/s1. The SMILES string of the molecule is COc1ccc(S(=O)(=O)N[C@H](c2ccccc2)c2ccc(C)cc2)cc1C(=O)N1CCCC1. The quantitative estimate of drug-likeness (QED) is 0.565. The fourth-order valence-corrected chi connectivity index (χ4v) is 5.31. The monoisotopic (exact) mass is 464 g/mol. The van der Waals surface area contributed by atoms with Gasteiger partial charge in [-0.15, -0.1) is 0 Å². The second kappa shape index (κ2) is 9.77. The van der Waals surface area contributed by atoms with Gasteiger partial charge in [-0.3, -0.25) is 4.79 Å². The molecule has 1 saturated heterocycles. The Bertz CT molecular complexity index is 1220. The molecule has 1 amide bonds. The first-order valence-corrected chi connectivity index (χ1v) is 12.5. The van der Waals surface area contributed by atoms with Crippen LogP contribution in [0.2, 0.25) is 0 Å². The van der Waals surface area contributed by atoms with Gasteiger partial charge in [0.15, 0.2) is 0 Å². The first-order valence-electron chi connectivity index (χ1n) is 11.0. The summed E-state index contributed by atoms with van der Waals surface area (Å²) in [6.45, 7) is 3.32. The van der Waals surface area contributed by atoms with Crippen LogP contribution in [0.15, 0.2) is 77.7 Å². The predicted molar refractivity (Wildman–Crippen MR) is 128 cm³/mol. The summed E-state index contributed by atoms with van der Waals surface area (Å²) < 4.78 is 35.2. The van der Waals surface area contributed by atoms with Crippen LogP contribution in [0.4, 0.5) is 0 Å². The lowest BCUT2D eigenvalue weighted by Crippen LogP contribution is -2.31. The second-order valence-corrected chi connectivity index (χ2v) is 9.95. The summed E-state index contributed by atoms with van der Waals surface area (Å²) in [5, 5.41) is 0. The Hall–Kier alpha value is -3.16. The van der Waals surface area contributed by atoms with E-state index in [1.54, 1.807) is 11.0 Å². The van der Waals surface area contributed by atoms with Crippen molar-refractivity contribution in [2.24, 2.45) is 0 Å². The predicted octanol–water partition coefficient (Wildman–Crippen LogP) is 4.31. The number of aryl methyl sites for hydroxylation is 1. The van der Waals surface area contributed by atoms with Gasteiger partial charge < -0.3 is 9.64 Å². The molecule has 1 atom stereocenters. The average Bonchev–Trinajstić information content (AvgIpc) is 3.38. The van der Waals surface area contributed by atoms with Crippen LogP contribution in [0.25, 0.3) is 0 Å². The maximum Gasteiger partial charge on any atom is 0.257 e. The fourth-order valence-electron chi connectivity index (χ4n) is 4.07. The van der Waals surface area contributed by atoms with E-state index in [-0.39, 0.29) is 16.4 Å². The molecule has 172 valence electrons. The number of amides is 1. The number of likely N-dealkylation sites (tertiary alicyclic amines) is 1. The third kappa shape index (κ3) is 5.10. The average molecular weight is 465 g/mol. The van der Waals surface area contributed by atoms with Crippen LogP contribution in [0.1, 0.15) is 45.9 Å². The zero-order valence-corrected chi connectivity index (χ0v) is 19.6. The Morgan fingerprint density at radius 3 is 2.21 bits per heavy atom. The van der Waals surface area contributed by atoms with Crippen LogP contribution in [0.3, 0.4) is 0 Å². The summed E-state index contributed by atoms with van der Waals surface area (Å²) in [5.41, 5.74) is 3.01. The molecule has 0 bridgehead atoms. The maximum atomic E-state index is 13.5. The first-order chi connectivity index (χ1) is 15.9. The van der Waals surface area contributed by atoms with Crippen LogP contribution in [0, 0.1) is 6.92 Å². The summed E-state index contributed by atoms with van der Waals surface area (Å²) in [6, 6.07) is 21.1. The Balaban J connectivity index is 1.71. The largest absolute Gasteiger partial charge is 0.496 e. The molecule has 0 spiro atoms. The number of sulfonamides is 1. The number of carbonyl (C=O) groups excluding carboxylic acids is 1. The first kappa shape index (κ1) is 23.0. The second-order valence-electron chi connectivity index (χ2n) is 8.24. The van der Waals surface area contributed by atoms with Crippen LogP contribution >= 0.6 is 0 Å². The zero-order valence-electron chi connectivity index (χ0n) is 18.8. The molecule has 1 heterocycles. The molecule has 3 aromatic rings. The molecule has 0 unspecified atom stereocenters. The molecule has 7 heteroatoms. The van der Waals surface area contributed by atoms with Crippen LogP contribution in [0.5, 0.6) is 5.75 Å². The summed E-state index contributed by atoms with van der Waals surface area (Å²) in [6.07, 6.45) is 1.89. The molecule has 0 aromatic heterocycles. The third-order valence-electron chi connectivity index (χ3n) is 5.92. The van der Waals surface area contributed by atoms with Crippen molar-refractivity contribution in [1.29, 1.82) is 0 Å². The molecule has 6 nitrogen and oxygen atoms in total. The van der Waals surface area contributed by atoms with Crippen molar-refractivity contribution >= 4 is 15.9 Å². The van der Waals surface area contributed by atoms with E-state index in [4.69, 9.17) is 4.74 Å². The summed E-state index contributed by atoms with van der Waals surface area (Å²) in [5.74, 6) is 0.156. The van der Waals surface area contributed by atoms with Gasteiger partial charge in [0.25, 0.3) is 5.91 Å². The molecule has 0 saturated carbocycles. The highest BCUT2D eigenvalue weighted by molar-refractivity contribution is 7.89. The smallest absolute Gasteiger partial charge is 0.257 e. The number of rotatable bonds is 7. The minimum Gasteiger partial charge on any atom is -0.496 e. The normalized spacial score (nSPS) is 14.8. The molecule has 1 fully saturated rings. The van der Waals surface area contributed by atoms with Crippen molar-refractivity contribution in [2.75, 3.05) is 20.2 Å². The molecule has 1 aliphatic heterocycles. The lowest BCUT2D eigenvalue weighted by atomic mass is 9.99. The fraction of sp³-hybridized carbons (Fsp3) is 0.269. The number of nitrogens with one attached hydrogen (secondary N) is 1. The molecule has 0 aliphatic carbocycles. The maximum absolute atomic E-state index is 13.5. The van der Waals surface area contributed by atoms with Gasteiger partial charge in [0.05, 0.1) is 23.6 Å². The van der Waals surface area contributed by atoms with Crippen molar-refractivity contribution in [3.05, 3.63) is 95.1 Å². The molecule has 0 radical (unpaired) electrons. The Morgan fingerprint density at radius 2 is 1.58 bits per heavy atom. The number of hydrogen-bond acceptors (Lipinski definition) is 4. The van der Waals surface area contributed by atoms with E-state index in [2.05, 4.69) is 4.72 Å². The topological polar surface area (TPSA) is 75.7 Å². The number of methoxy groups -OCH3 is 1. The highest BCUT2D eigenvalue weighted by atomic mass is 32.2. The molecule has 33 heavy (non-hydrogen) atoms. The highest BCUT2D eigenvalue weighted by Gasteiger charge is 2.27. The Labute approximate surface area is 195 Å². The van der Waals surface area contributed by atoms with E-state index in [1.165, 1.54) is 19.2 Å². The number of ether oxygens (including phenoxy) is 1. The van der Waals surface area contributed by atoms with Crippen molar-refractivity contribution in [3.63, 3.8) is 0 Å². The summed E-state index contributed by atoms with van der Waals surface area (Å²) >= 11 is 0. The van der Waals surface area contributed by atoms with Crippen LogP contribution in [-0.2, 0) is 10.0 Å². The van der Waals surface area contributed by atoms with E-state index in [0.717, 1.165) is 29.5 Å². The Kier molecular flexibility index (Phi) is 6.81. The van der Waals surface area contributed by atoms with Gasteiger partial charge in [0.2, 0.25) is 10.0 Å². The van der Waals surface area contributed by atoms with E-state index in [0.29, 0.717) is 18.8 Å². The molecular weight excluding hydrogens is 436 g/mol. The number of carbonyl (C=O) groups is 1. The molecule has 4 rings (SSSR count). The summed E-state index contributed by atoms with van der Waals surface area (Å²) in [7, 11) is -2.47. The molecular formula is C26H28N2O4S.